The van der Waals surface area contributed by atoms with Crippen LogP contribution in [0.2, 0.25) is 0 Å². The summed E-state index contributed by atoms with van der Waals surface area (Å²) in [7, 11) is 4.00. The Balaban J connectivity index is 1.61. The monoisotopic (exact) mass is 410 g/mol. The van der Waals surface area contributed by atoms with Crippen molar-refractivity contribution in [2.75, 3.05) is 19.0 Å². The van der Waals surface area contributed by atoms with Crippen molar-refractivity contribution in [3.63, 3.8) is 0 Å². The standard InChI is InChI=1S/C23H27FN4O2/c1-16(2)28(15-17-5-11-20(12-6-17)27(3)4)22(29)14-13-21-25-23(26-30-21)18-7-9-19(24)10-8-18/h5-12,16H,13-15H2,1-4H3. The Morgan fingerprint density at radius 1 is 1.07 bits per heavy atom. The first-order chi connectivity index (χ1) is 14.3. The van der Waals surface area contributed by atoms with Crippen LogP contribution in [0.1, 0.15) is 31.7 Å². The van der Waals surface area contributed by atoms with Crippen LogP contribution in [0, 0.1) is 5.82 Å². The molecule has 1 amide bonds. The second-order valence-corrected chi connectivity index (χ2v) is 7.69. The lowest BCUT2D eigenvalue weighted by Crippen LogP contribution is -2.36. The topological polar surface area (TPSA) is 62.5 Å². The largest absolute Gasteiger partial charge is 0.378 e. The van der Waals surface area contributed by atoms with Crippen molar-refractivity contribution < 1.29 is 13.7 Å². The SMILES string of the molecule is CC(C)N(Cc1ccc(N(C)C)cc1)C(=O)CCc1nc(-c2ccc(F)cc2)no1. The summed E-state index contributed by atoms with van der Waals surface area (Å²) >= 11 is 0. The number of aromatic nitrogens is 2. The van der Waals surface area contributed by atoms with Gasteiger partial charge in [-0.15, -0.1) is 0 Å². The van der Waals surface area contributed by atoms with E-state index in [1.165, 1.54) is 12.1 Å². The predicted molar refractivity (Wildman–Crippen MR) is 114 cm³/mol. The highest BCUT2D eigenvalue weighted by atomic mass is 19.1. The molecule has 7 heteroatoms. The fourth-order valence-electron chi connectivity index (χ4n) is 3.09. The lowest BCUT2D eigenvalue weighted by Gasteiger charge is -2.27. The molecule has 158 valence electrons. The number of benzene rings is 2. The quantitative estimate of drug-likeness (QED) is 0.554. The predicted octanol–water partition coefficient (Wildman–Crippen LogP) is 4.31. The maximum atomic E-state index is 13.1. The van der Waals surface area contributed by atoms with E-state index in [0.29, 0.717) is 30.2 Å². The van der Waals surface area contributed by atoms with Crippen molar-refractivity contribution in [3.8, 4) is 11.4 Å². The first-order valence-electron chi connectivity index (χ1n) is 9.97. The van der Waals surface area contributed by atoms with Crippen LogP contribution in [0.4, 0.5) is 10.1 Å². The molecular weight excluding hydrogens is 383 g/mol. The normalized spacial score (nSPS) is 11.0. The van der Waals surface area contributed by atoms with Gasteiger partial charge < -0.3 is 14.3 Å². The van der Waals surface area contributed by atoms with Gasteiger partial charge in [-0.05, 0) is 55.8 Å². The molecule has 0 spiro atoms. The molecule has 0 bridgehead atoms. The molecule has 0 radical (unpaired) electrons. The molecule has 0 fully saturated rings. The molecule has 6 nitrogen and oxygen atoms in total. The van der Waals surface area contributed by atoms with Gasteiger partial charge in [0.25, 0.3) is 0 Å². The highest BCUT2D eigenvalue weighted by Crippen LogP contribution is 2.18. The summed E-state index contributed by atoms with van der Waals surface area (Å²) in [6, 6.07) is 14.1. The molecule has 0 N–H and O–H groups in total. The molecule has 0 aliphatic heterocycles. The molecule has 2 aromatic carbocycles. The van der Waals surface area contributed by atoms with Crippen molar-refractivity contribution in [2.24, 2.45) is 0 Å². The van der Waals surface area contributed by atoms with Crippen LogP contribution in [-0.2, 0) is 17.8 Å². The number of carbonyl (C=O) groups is 1. The number of halogens is 1. The maximum Gasteiger partial charge on any atom is 0.227 e. The van der Waals surface area contributed by atoms with E-state index >= 15 is 0 Å². The lowest BCUT2D eigenvalue weighted by atomic mass is 10.1. The van der Waals surface area contributed by atoms with Gasteiger partial charge in [-0.1, -0.05) is 17.3 Å². The summed E-state index contributed by atoms with van der Waals surface area (Å²) in [5.41, 5.74) is 2.87. The number of aryl methyl sites for hydroxylation is 1. The molecule has 0 aliphatic carbocycles. The van der Waals surface area contributed by atoms with Crippen molar-refractivity contribution in [1.82, 2.24) is 15.0 Å². The van der Waals surface area contributed by atoms with Gasteiger partial charge in [0.05, 0.1) is 0 Å². The fourth-order valence-corrected chi connectivity index (χ4v) is 3.09. The molecule has 0 saturated heterocycles. The van der Waals surface area contributed by atoms with Crippen molar-refractivity contribution in [2.45, 2.75) is 39.3 Å². The van der Waals surface area contributed by atoms with E-state index in [4.69, 9.17) is 4.52 Å². The van der Waals surface area contributed by atoms with Crippen molar-refractivity contribution in [1.29, 1.82) is 0 Å². The Morgan fingerprint density at radius 3 is 2.33 bits per heavy atom. The van der Waals surface area contributed by atoms with Crippen LogP contribution in [0.3, 0.4) is 0 Å². The van der Waals surface area contributed by atoms with Gasteiger partial charge >= 0.3 is 0 Å². The first-order valence-corrected chi connectivity index (χ1v) is 9.97. The maximum absolute atomic E-state index is 13.1. The molecular formula is C23H27FN4O2. The van der Waals surface area contributed by atoms with Crippen molar-refractivity contribution in [3.05, 3.63) is 65.8 Å². The van der Waals surface area contributed by atoms with Gasteiger partial charge in [-0.25, -0.2) is 4.39 Å². The zero-order valence-electron chi connectivity index (χ0n) is 17.8. The zero-order chi connectivity index (χ0) is 21.7. The van der Waals surface area contributed by atoms with Gasteiger partial charge in [0.2, 0.25) is 17.6 Å². The second-order valence-electron chi connectivity index (χ2n) is 7.69. The average molecular weight is 410 g/mol. The van der Waals surface area contributed by atoms with Gasteiger partial charge in [-0.2, -0.15) is 4.98 Å². The van der Waals surface area contributed by atoms with E-state index in [1.54, 1.807) is 12.1 Å². The van der Waals surface area contributed by atoms with Gasteiger partial charge in [0.1, 0.15) is 5.82 Å². The summed E-state index contributed by atoms with van der Waals surface area (Å²) in [6.45, 7) is 4.56. The van der Waals surface area contributed by atoms with Crippen LogP contribution in [0.15, 0.2) is 53.1 Å². The number of amides is 1. The Bertz CT molecular complexity index is 966. The Hall–Kier alpha value is -3.22. The minimum Gasteiger partial charge on any atom is -0.378 e. The van der Waals surface area contributed by atoms with Crippen LogP contribution in [-0.4, -0.2) is 41.1 Å². The van der Waals surface area contributed by atoms with E-state index in [9.17, 15) is 9.18 Å². The van der Waals surface area contributed by atoms with Crippen LogP contribution >= 0.6 is 0 Å². The van der Waals surface area contributed by atoms with Gasteiger partial charge in [0.15, 0.2) is 0 Å². The Labute approximate surface area is 176 Å². The number of hydrogen-bond acceptors (Lipinski definition) is 5. The summed E-state index contributed by atoms with van der Waals surface area (Å²) in [6.07, 6.45) is 0.634. The molecule has 3 aromatic rings. The van der Waals surface area contributed by atoms with Gasteiger partial charge in [0, 0.05) is 50.8 Å². The van der Waals surface area contributed by atoms with Crippen LogP contribution < -0.4 is 4.90 Å². The fraction of sp³-hybridized carbons (Fsp3) is 0.348. The summed E-state index contributed by atoms with van der Waals surface area (Å²) in [5.74, 6) is 0.488. The van der Waals surface area contributed by atoms with E-state index < -0.39 is 0 Å². The number of carbonyl (C=O) groups excluding carboxylic acids is 1. The first kappa shape index (κ1) is 21.5. The van der Waals surface area contributed by atoms with E-state index in [2.05, 4.69) is 10.1 Å². The minimum absolute atomic E-state index is 0.0308. The highest BCUT2D eigenvalue weighted by molar-refractivity contribution is 5.76. The molecule has 0 saturated carbocycles. The highest BCUT2D eigenvalue weighted by Gasteiger charge is 2.19. The third-order valence-corrected chi connectivity index (χ3v) is 4.87. The molecule has 1 heterocycles. The molecule has 3 rings (SSSR count). The van der Waals surface area contributed by atoms with E-state index in [0.717, 1.165) is 11.3 Å². The molecule has 30 heavy (non-hydrogen) atoms. The number of anilines is 1. The van der Waals surface area contributed by atoms with E-state index in [-0.39, 0.29) is 24.2 Å². The summed E-state index contributed by atoms with van der Waals surface area (Å²) in [4.78, 5) is 21.0. The average Bonchev–Trinajstić information content (AvgIpc) is 3.20. The molecule has 0 atom stereocenters. The van der Waals surface area contributed by atoms with Crippen LogP contribution in [0.5, 0.6) is 0 Å². The number of rotatable bonds is 8. The van der Waals surface area contributed by atoms with E-state index in [1.807, 2.05) is 62.0 Å². The van der Waals surface area contributed by atoms with Gasteiger partial charge in [-0.3, -0.25) is 4.79 Å². The second kappa shape index (κ2) is 9.52. The zero-order valence-corrected chi connectivity index (χ0v) is 17.8. The third-order valence-electron chi connectivity index (χ3n) is 4.87. The Kier molecular flexibility index (Phi) is 6.82. The minimum atomic E-state index is -0.321. The summed E-state index contributed by atoms with van der Waals surface area (Å²) < 4.78 is 18.3. The van der Waals surface area contributed by atoms with Crippen molar-refractivity contribution >= 4 is 11.6 Å². The van der Waals surface area contributed by atoms with Crippen LogP contribution in [0.25, 0.3) is 11.4 Å². The number of hydrogen-bond donors (Lipinski definition) is 0. The smallest absolute Gasteiger partial charge is 0.227 e. The Morgan fingerprint density at radius 2 is 1.73 bits per heavy atom. The number of nitrogens with zero attached hydrogens (tertiary/aromatic N) is 4. The lowest BCUT2D eigenvalue weighted by molar-refractivity contribution is -0.133. The summed E-state index contributed by atoms with van der Waals surface area (Å²) in [5, 5.41) is 3.93. The third kappa shape index (κ3) is 5.43. The molecule has 0 aliphatic rings. The molecule has 1 aromatic heterocycles. The molecule has 0 unspecified atom stereocenters.